The van der Waals surface area contributed by atoms with E-state index < -0.39 is 0 Å². The Balaban J connectivity index is 2.39. The molecule has 0 radical (unpaired) electrons. The molecule has 0 atom stereocenters. The Morgan fingerprint density at radius 2 is 2.21 bits per heavy atom. The van der Waals surface area contributed by atoms with Crippen molar-refractivity contribution in [1.82, 2.24) is 5.32 Å². The van der Waals surface area contributed by atoms with Crippen molar-refractivity contribution in [1.29, 1.82) is 0 Å². The van der Waals surface area contributed by atoms with Gasteiger partial charge in [0, 0.05) is 6.54 Å². The first-order valence-electron chi connectivity index (χ1n) is 4.98. The number of anilines is 1. The van der Waals surface area contributed by atoms with Crippen molar-refractivity contribution in [2.24, 2.45) is 0 Å². The van der Waals surface area contributed by atoms with Crippen molar-refractivity contribution in [3.05, 3.63) is 28.8 Å². The van der Waals surface area contributed by atoms with Gasteiger partial charge in [-0.2, -0.15) is 0 Å². The van der Waals surface area contributed by atoms with E-state index in [-0.39, 0.29) is 0 Å². The van der Waals surface area contributed by atoms with Gasteiger partial charge in [-0.15, -0.1) is 0 Å². The lowest BCUT2D eigenvalue weighted by molar-refractivity contribution is 0.641. The largest absolute Gasteiger partial charge is 0.398 e. The second-order valence-electron chi connectivity index (χ2n) is 3.39. The molecular formula is C11H17ClN2. The summed E-state index contributed by atoms with van der Waals surface area (Å²) in [7, 11) is 0. The van der Waals surface area contributed by atoms with E-state index in [1.54, 1.807) is 0 Å². The number of nitrogens with one attached hydrogen (secondary N) is 1. The third-order valence-electron chi connectivity index (χ3n) is 2.10. The number of benzene rings is 1. The maximum atomic E-state index is 5.90. The maximum absolute atomic E-state index is 5.90. The molecule has 0 amide bonds. The second kappa shape index (κ2) is 5.89. The lowest BCUT2D eigenvalue weighted by Crippen LogP contribution is -2.14. The molecule has 3 N–H and O–H groups in total. The van der Waals surface area contributed by atoms with E-state index in [9.17, 15) is 0 Å². The number of hydrogen-bond donors (Lipinski definition) is 2. The molecule has 3 heteroatoms. The lowest BCUT2D eigenvalue weighted by Gasteiger charge is -2.05. The van der Waals surface area contributed by atoms with Crippen LogP contribution in [0.5, 0.6) is 0 Å². The van der Waals surface area contributed by atoms with Crippen molar-refractivity contribution in [2.45, 2.75) is 26.3 Å². The molecule has 1 aromatic carbocycles. The Morgan fingerprint density at radius 3 is 2.86 bits per heavy atom. The fraction of sp³-hybridized carbons (Fsp3) is 0.455. The monoisotopic (exact) mass is 212 g/mol. The van der Waals surface area contributed by atoms with Crippen molar-refractivity contribution in [3.63, 3.8) is 0 Å². The predicted molar refractivity (Wildman–Crippen MR) is 62.5 cm³/mol. The SMILES string of the molecule is CCCCNCc1ccc(N)c(Cl)c1. The minimum atomic E-state index is 0.639. The summed E-state index contributed by atoms with van der Waals surface area (Å²) >= 11 is 5.90. The Labute approximate surface area is 90.4 Å². The second-order valence-corrected chi connectivity index (χ2v) is 3.79. The highest BCUT2D eigenvalue weighted by Crippen LogP contribution is 2.19. The average Bonchev–Trinajstić information content (AvgIpc) is 2.18. The van der Waals surface area contributed by atoms with Crippen LogP contribution in [-0.4, -0.2) is 6.54 Å². The molecule has 0 unspecified atom stereocenters. The number of unbranched alkanes of at least 4 members (excludes halogenated alkanes) is 1. The summed E-state index contributed by atoms with van der Waals surface area (Å²) < 4.78 is 0. The molecule has 1 aromatic rings. The zero-order valence-electron chi connectivity index (χ0n) is 8.52. The highest BCUT2D eigenvalue weighted by molar-refractivity contribution is 6.33. The van der Waals surface area contributed by atoms with E-state index in [1.165, 1.54) is 18.4 Å². The highest BCUT2D eigenvalue weighted by Gasteiger charge is 1.97. The van der Waals surface area contributed by atoms with Gasteiger partial charge in [0.15, 0.2) is 0 Å². The molecule has 0 saturated carbocycles. The van der Waals surface area contributed by atoms with E-state index >= 15 is 0 Å². The molecule has 0 saturated heterocycles. The third kappa shape index (κ3) is 3.56. The van der Waals surface area contributed by atoms with E-state index in [0.717, 1.165) is 13.1 Å². The van der Waals surface area contributed by atoms with Gasteiger partial charge in [-0.1, -0.05) is 31.0 Å². The minimum absolute atomic E-state index is 0.639. The maximum Gasteiger partial charge on any atom is 0.0638 e. The number of hydrogen-bond acceptors (Lipinski definition) is 2. The molecule has 0 aliphatic rings. The van der Waals surface area contributed by atoms with Gasteiger partial charge in [-0.3, -0.25) is 0 Å². The van der Waals surface area contributed by atoms with Crippen LogP contribution in [0, 0.1) is 0 Å². The van der Waals surface area contributed by atoms with Crippen LogP contribution >= 0.6 is 11.6 Å². The van der Waals surface area contributed by atoms with Gasteiger partial charge >= 0.3 is 0 Å². The van der Waals surface area contributed by atoms with Gasteiger partial charge in [0.05, 0.1) is 10.7 Å². The summed E-state index contributed by atoms with van der Waals surface area (Å²) in [5.41, 5.74) is 7.44. The molecular weight excluding hydrogens is 196 g/mol. The summed E-state index contributed by atoms with van der Waals surface area (Å²) in [6.07, 6.45) is 2.43. The quantitative estimate of drug-likeness (QED) is 0.582. The molecule has 78 valence electrons. The van der Waals surface area contributed by atoms with Crippen LogP contribution in [0.25, 0.3) is 0 Å². The van der Waals surface area contributed by atoms with E-state index in [4.69, 9.17) is 17.3 Å². The third-order valence-corrected chi connectivity index (χ3v) is 2.43. The topological polar surface area (TPSA) is 38.0 Å². The Morgan fingerprint density at radius 1 is 1.43 bits per heavy atom. The van der Waals surface area contributed by atoms with Crippen molar-refractivity contribution < 1.29 is 0 Å². The minimum Gasteiger partial charge on any atom is -0.398 e. The number of rotatable bonds is 5. The first-order chi connectivity index (χ1) is 6.74. The molecule has 0 heterocycles. The molecule has 14 heavy (non-hydrogen) atoms. The van der Waals surface area contributed by atoms with Gasteiger partial charge in [-0.25, -0.2) is 0 Å². The van der Waals surface area contributed by atoms with E-state index in [0.29, 0.717) is 10.7 Å². The van der Waals surface area contributed by atoms with Crippen molar-refractivity contribution in [2.75, 3.05) is 12.3 Å². The van der Waals surface area contributed by atoms with E-state index in [1.807, 2.05) is 18.2 Å². The van der Waals surface area contributed by atoms with Gasteiger partial charge in [0.1, 0.15) is 0 Å². The summed E-state index contributed by atoms with van der Waals surface area (Å²) in [5, 5.41) is 3.99. The van der Waals surface area contributed by atoms with Crippen LogP contribution in [0.3, 0.4) is 0 Å². The van der Waals surface area contributed by atoms with Crippen LogP contribution in [0.1, 0.15) is 25.3 Å². The molecule has 2 nitrogen and oxygen atoms in total. The zero-order chi connectivity index (χ0) is 10.4. The van der Waals surface area contributed by atoms with Crippen LogP contribution in [-0.2, 0) is 6.54 Å². The summed E-state index contributed by atoms with van der Waals surface area (Å²) in [4.78, 5) is 0. The summed E-state index contributed by atoms with van der Waals surface area (Å²) in [5.74, 6) is 0. The van der Waals surface area contributed by atoms with Gasteiger partial charge < -0.3 is 11.1 Å². The molecule has 0 aliphatic heterocycles. The zero-order valence-corrected chi connectivity index (χ0v) is 9.27. The predicted octanol–water partition coefficient (Wildman–Crippen LogP) is 2.81. The lowest BCUT2D eigenvalue weighted by atomic mass is 10.2. The Bertz CT molecular complexity index is 287. The van der Waals surface area contributed by atoms with Crippen LogP contribution < -0.4 is 11.1 Å². The van der Waals surface area contributed by atoms with Crippen molar-refractivity contribution in [3.8, 4) is 0 Å². The van der Waals surface area contributed by atoms with Crippen LogP contribution in [0.15, 0.2) is 18.2 Å². The van der Waals surface area contributed by atoms with Crippen molar-refractivity contribution >= 4 is 17.3 Å². The smallest absolute Gasteiger partial charge is 0.0638 e. The number of halogens is 1. The van der Waals surface area contributed by atoms with E-state index in [2.05, 4.69) is 12.2 Å². The molecule has 0 aromatic heterocycles. The Kier molecular flexibility index (Phi) is 4.77. The fourth-order valence-corrected chi connectivity index (χ4v) is 1.42. The first kappa shape index (κ1) is 11.3. The number of nitrogens with two attached hydrogens (primary N) is 1. The normalized spacial score (nSPS) is 10.4. The first-order valence-corrected chi connectivity index (χ1v) is 5.36. The van der Waals surface area contributed by atoms with Gasteiger partial charge in [0.2, 0.25) is 0 Å². The fourth-order valence-electron chi connectivity index (χ4n) is 1.22. The molecule has 0 spiro atoms. The van der Waals surface area contributed by atoms with Crippen LogP contribution in [0.2, 0.25) is 5.02 Å². The number of nitrogen functional groups attached to an aromatic ring is 1. The average molecular weight is 213 g/mol. The summed E-state index contributed by atoms with van der Waals surface area (Å²) in [6, 6.07) is 5.76. The van der Waals surface area contributed by atoms with Gasteiger partial charge in [-0.05, 0) is 30.7 Å². The standard InChI is InChI=1S/C11H17ClN2/c1-2-3-6-14-8-9-4-5-11(13)10(12)7-9/h4-5,7,14H,2-3,6,8,13H2,1H3. The van der Waals surface area contributed by atoms with Gasteiger partial charge in [0.25, 0.3) is 0 Å². The summed E-state index contributed by atoms with van der Waals surface area (Å²) in [6.45, 7) is 4.10. The Hall–Kier alpha value is -0.730. The molecule has 1 rings (SSSR count). The molecule has 0 bridgehead atoms. The molecule has 0 fully saturated rings. The van der Waals surface area contributed by atoms with Crippen LogP contribution in [0.4, 0.5) is 5.69 Å². The molecule has 0 aliphatic carbocycles. The highest BCUT2D eigenvalue weighted by atomic mass is 35.5.